The number of hydrogen-bond donors (Lipinski definition) is 1. The van der Waals surface area contributed by atoms with E-state index in [0.717, 1.165) is 19.3 Å². The number of fused-ring (bicyclic) bond motifs is 1. The Morgan fingerprint density at radius 1 is 1.08 bits per heavy atom. The summed E-state index contributed by atoms with van der Waals surface area (Å²) in [5, 5.41) is 0. The van der Waals surface area contributed by atoms with Gasteiger partial charge < -0.3 is 4.90 Å². The number of rotatable bonds is 6. The minimum Gasteiger partial charge on any atom is -0.334 e. The molecular weight excluding hydrogens is 348 g/mol. The van der Waals surface area contributed by atoms with E-state index in [1.54, 1.807) is 12.1 Å². The van der Waals surface area contributed by atoms with E-state index >= 15 is 0 Å². The fourth-order valence-electron chi connectivity index (χ4n) is 3.09. The van der Waals surface area contributed by atoms with Crippen molar-refractivity contribution >= 4 is 15.9 Å². The first-order chi connectivity index (χ1) is 12.5. The van der Waals surface area contributed by atoms with E-state index in [9.17, 15) is 13.2 Å². The number of nitrogens with zero attached hydrogens (tertiary/aromatic N) is 1. The Morgan fingerprint density at radius 2 is 1.77 bits per heavy atom. The molecule has 26 heavy (non-hydrogen) atoms. The van der Waals surface area contributed by atoms with E-state index in [-0.39, 0.29) is 10.8 Å². The van der Waals surface area contributed by atoms with Gasteiger partial charge in [0.15, 0.2) is 0 Å². The quantitative estimate of drug-likeness (QED) is 0.793. The largest absolute Gasteiger partial charge is 0.334 e. The molecule has 5 nitrogen and oxygen atoms in total. The molecule has 2 aromatic carbocycles. The second kappa shape index (κ2) is 8.01. The molecule has 0 fully saturated rings. The zero-order valence-corrected chi connectivity index (χ0v) is 15.8. The van der Waals surface area contributed by atoms with Crippen LogP contribution < -0.4 is 4.72 Å². The van der Waals surface area contributed by atoms with Crippen molar-refractivity contribution in [1.29, 1.82) is 0 Å². The smallest absolute Gasteiger partial charge is 0.254 e. The third kappa shape index (κ3) is 4.14. The van der Waals surface area contributed by atoms with E-state index in [4.69, 9.17) is 0 Å². The minimum absolute atomic E-state index is 0.0672. The summed E-state index contributed by atoms with van der Waals surface area (Å²) in [6.07, 6.45) is 2.57. The number of nitrogens with one attached hydrogen (secondary N) is 1. The topological polar surface area (TPSA) is 66.5 Å². The summed E-state index contributed by atoms with van der Waals surface area (Å²) in [6, 6.07) is 14.3. The van der Waals surface area contributed by atoms with Gasteiger partial charge in [0.25, 0.3) is 5.91 Å². The van der Waals surface area contributed by atoms with E-state index in [1.165, 1.54) is 23.3 Å². The van der Waals surface area contributed by atoms with Crippen molar-refractivity contribution in [1.82, 2.24) is 9.62 Å². The first-order valence-corrected chi connectivity index (χ1v) is 10.5. The highest BCUT2D eigenvalue weighted by molar-refractivity contribution is 7.89. The monoisotopic (exact) mass is 372 g/mol. The molecule has 0 aliphatic carbocycles. The SMILES string of the molecule is CCCCNS(=O)(=O)c1ccc(C(=O)N2CCc3ccccc3C2)cc1. The molecular formula is C20H24N2O3S. The molecule has 1 amide bonds. The predicted molar refractivity (Wildman–Crippen MR) is 101 cm³/mol. The molecule has 1 heterocycles. The molecule has 6 heteroatoms. The molecule has 0 atom stereocenters. The number of benzene rings is 2. The normalized spacial score (nSPS) is 14.1. The Morgan fingerprint density at radius 3 is 2.46 bits per heavy atom. The third-order valence-electron chi connectivity index (χ3n) is 4.65. The summed E-state index contributed by atoms with van der Waals surface area (Å²) in [7, 11) is -3.51. The lowest BCUT2D eigenvalue weighted by Gasteiger charge is -2.29. The fourth-order valence-corrected chi connectivity index (χ4v) is 4.17. The molecule has 0 saturated heterocycles. The molecule has 1 aliphatic rings. The van der Waals surface area contributed by atoms with Crippen molar-refractivity contribution in [2.45, 2.75) is 37.6 Å². The van der Waals surface area contributed by atoms with Crippen LogP contribution >= 0.6 is 0 Å². The van der Waals surface area contributed by atoms with Crippen LogP contribution in [0.3, 0.4) is 0 Å². The van der Waals surface area contributed by atoms with Crippen molar-refractivity contribution in [3.8, 4) is 0 Å². The van der Waals surface area contributed by atoms with Crippen molar-refractivity contribution in [2.75, 3.05) is 13.1 Å². The zero-order chi connectivity index (χ0) is 18.6. The summed E-state index contributed by atoms with van der Waals surface area (Å²) in [5.41, 5.74) is 2.97. The van der Waals surface area contributed by atoms with E-state index < -0.39 is 10.0 Å². The zero-order valence-electron chi connectivity index (χ0n) is 14.9. The van der Waals surface area contributed by atoms with Gasteiger partial charge in [-0.1, -0.05) is 37.6 Å². The summed E-state index contributed by atoms with van der Waals surface area (Å²) in [4.78, 5) is 14.7. The fraction of sp³-hybridized carbons (Fsp3) is 0.350. The van der Waals surface area contributed by atoms with E-state index in [0.29, 0.717) is 25.2 Å². The van der Waals surface area contributed by atoms with E-state index in [1.807, 2.05) is 30.0 Å². The summed E-state index contributed by atoms with van der Waals surface area (Å²) >= 11 is 0. The standard InChI is InChI=1S/C20H24N2O3S/c1-2-3-13-21-26(24,25)19-10-8-17(9-11-19)20(23)22-14-12-16-6-4-5-7-18(16)15-22/h4-11,21H,2-3,12-15H2,1H3. The Balaban J connectivity index is 1.70. The van der Waals surface area contributed by atoms with Crippen LogP contribution in [0.25, 0.3) is 0 Å². The predicted octanol–water partition coefficient (Wildman–Crippen LogP) is 2.96. The number of carbonyl (C=O) groups excluding carboxylic acids is 1. The van der Waals surface area contributed by atoms with Gasteiger partial charge in [-0.15, -0.1) is 0 Å². The lowest BCUT2D eigenvalue weighted by Crippen LogP contribution is -2.35. The van der Waals surface area contributed by atoms with Gasteiger partial charge in [-0.2, -0.15) is 0 Å². The molecule has 0 spiro atoms. The van der Waals surface area contributed by atoms with Crippen LogP contribution in [0.4, 0.5) is 0 Å². The molecule has 0 radical (unpaired) electrons. The first-order valence-electron chi connectivity index (χ1n) is 8.97. The van der Waals surface area contributed by atoms with Crippen LogP contribution in [0.15, 0.2) is 53.4 Å². The number of unbranched alkanes of at least 4 members (excludes halogenated alkanes) is 1. The third-order valence-corrected chi connectivity index (χ3v) is 6.13. The van der Waals surface area contributed by atoms with Crippen LogP contribution in [0.2, 0.25) is 0 Å². The van der Waals surface area contributed by atoms with Gasteiger partial charge in [-0.25, -0.2) is 13.1 Å². The molecule has 1 N–H and O–H groups in total. The van der Waals surface area contributed by atoms with Gasteiger partial charge >= 0.3 is 0 Å². The van der Waals surface area contributed by atoms with Gasteiger partial charge in [-0.05, 0) is 48.2 Å². The van der Waals surface area contributed by atoms with Crippen LogP contribution in [0.5, 0.6) is 0 Å². The number of hydrogen-bond acceptors (Lipinski definition) is 3. The first kappa shape index (κ1) is 18.6. The molecule has 0 saturated carbocycles. The second-order valence-corrected chi connectivity index (χ2v) is 8.29. The van der Waals surface area contributed by atoms with Crippen molar-refractivity contribution < 1.29 is 13.2 Å². The van der Waals surface area contributed by atoms with Gasteiger partial charge in [0.2, 0.25) is 10.0 Å². The Kier molecular flexibility index (Phi) is 5.74. The van der Waals surface area contributed by atoms with Gasteiger partial charge in [-0.3, -0.25) is 4.79 Å². The van der Waals surface area contributed by atoms with Gasteiger partial charge in [0.1, 0.15) is 0 Å². The average Bonchev–Trinajstić information content (AvgIpc) is 2.67. The van der Waals surface area contributed by atoms with Crippen LogP contribution in [-0.4, -0.2) is 32.3 Å². The van der Waals surface area contributed by atoms with E-state index in [2.05, 4.69) is 10.8 Å². The molecule has 2 aromatic rings. The van der Waals surface area contributed by atoms with Crippen LogP contribution in [-0.2, 0) is 23.0 Å². The highest BCUT2D eigenvalue weighted by Crippen LogP contribution is 2.21. The highest BCUT2D eigenvalue weighted by Gasteiger charge is 2.22. The number of carbonyl (C=O) groups is 1. The van der Waals surface area contributed by atoms with Crippen molar-refractivity contribution in [3.63, 3.8) is 0 Å². The van der Waals surface area contributed by atoms with Gasteiger partial charge in [0.05, 0.1) is 4.90 Å². The number of sulfonamides is 1. The summed E-state index contributed by atoms with van der Waals surface area (Å²) < 4.78 is 27.0. The van der Waals surface area contributed by atoms with Crippen molar-refractivity contribution in [3.05, 3.63) is 65.2 Å². The Labute approximate surface area is 155 Å². The number of amides is 1. The van der Waals surface area contributed by atoms with Gasteiger partial charge in [0, 0.05) is 25.2 Å². The molecule has 0 aromatic heterocycles. The summed E-state index contributed by atoms with van der Waals surface area (Å²) in [5.74, 6) is -0.0672. The van der Waals surface area contributed by atoms with Crippen molar-refractivity contribution in [2.24, 2.45) is 0 Å². The molecule has 0 bridgehead atoms. The Hall–Kier alpha value is -2.18. The lowest BCUT2D eigenvalue weighted by molar-refractivity contribution is 0.0734. The average molecular weight is 372 g/mol. The highest BCUT2D eigenvalue weighted by atomic mass is 32.2. The lowest BCUT2D eigenvalue weighted by atomic mass is 9.99. The summed E-state index contributed by atoms with van der Waals surface area (Å²) in [6.45, 7) is 3.70. The molecule has 138 valence electrons. The second-order valence-electron chi connectivity index (χ2n) is 6.52. The maximum Gasteiger partial charge on any atom is 0.254 e. The molecule has 0 unspecified atom stereocenters. The van der Waals surface area contributed by atoms with Crippen LogP contribution in [0.1, 0.15) is 41.3 Å². The maximum absolute atomic E-state index is 12.7. The molecule has 3 rings (SSSR count). The maximum atomic E-state index is 12.7. The molecule has 1 aliphatic heterocycles. The minimum atomic E-state index is -3.51. The Bertz CT molecular complexity index is 876. The van der Waals surface area contributed by atoms with Crippen LogP contribution in [0, 0.1) is 0 Å².